The lowest BCUT2D eigenvalue weighted by Crippen LogP contribution is -2.33. The van der Waals surface area contributed by atoms with Gasteiger partial charge in [-0.2, -0.15) is 5.10 Å². The highest BCUT2D eigenvalue weighted by atomic mass is 35.5. The third-order valence-corrected chi connectivity index (χ3v) is 7.19. The Kier molecular flexibility index (Phi) is 5.46. The van der Waals surface area contributed by atoms with Crippen LogP contribution in [0.2, 0.25) is 5.02 Å². The lowest BCUT2D eigenvalue weighted by Gasteiger charge is -2.23. The normalized spacial score (nSPS) is 16.4. The molecule has 0 bridgehead atoms. The highest BCUT2D eigenvalue weighted by Crippen LogP contribution is 2.45. The second kappa shape index (κ2) is 8.74. The van der Waals surface area contributed by atoms with Crippen molar-refractivity contribution in [2.24, 2.45) is 0 Å². The first-order valence-corrected chi connectivity index (χ1v) is 12.1. The number of halogens is 2. The average molecular weight is 527 g/mol. The molecule has 3 heterocycles. The van der Waals surface area contributed by atoms with Gasteiger partial charge in [0.1, 0.15) is 34.8 Å². The molecule has 38 heavy (non-hydrogen) atoms. The molecule has 0 saturated carbocycles. The van der Waals surface area contributed by atoms with Crippen LogP contribution in [0.3, 0.4) is 0 Å². The Bertz CT molecular complexity index is 1770. The van der Waals surface area contributed by atoms with Gasteiger partial charge in [-0.15, -0.1) is 0 Å². The van der Waals surface area contributed by atoms with E-state index in [2.05, 4.69) is 15.3 Å². The van der Waals surface area contributed by atoms with Gasteiger partial charge in [-0.05, 0) is 36.8 Å². The van der Waals surface area contributed by atoms with Crippen molar-refractivity contribution in [3.8, 4) is 11.5 Å². The van der Waals surface area contributed by atoms with Gasteiger partial charge in [-0.1, -0.05) is 54.1 Å². The Morgan fingerprint density at radius 3 is 2.61 bits per heavy atom. The maximum Gasteiger partial charge on any atom is 0.240 e. The van der Waals surface area contributed by atoms with E-state index in [-0.39, 0.29) is 35.7 Å². The molecule has 10 heteroatoms. The second-order valence-electron chi connectivity index (χ2n) is 9.23. The monoisotopic (exact) mass is 526 g/mol. The molecule has 5 aromatic rings. The molecule has 3 aromatic carbocycles. The number of hydrogen-bond donors (Lipinski definition) is 2. The molecule has 1 atom stereocenters. The van der Waals surface area contributed by atoms with Crippen molar-refractivity contribution in [2.75, 3.05) is 11.1 Å². The van der Waals surface area contributed by atoms with Crippen LogP contribution in [0.25, 0.3) is 22.4 Å². The van der Waals surface area contributed by atoms with Gasteiger partial charge in [0, 0.05) is 21.5 Å². The summed E-state index contributed by atoms with van der Waals surface area (Å²) < 4.78 is 16.1. The number of rotatable bonds is 5. The van der Waals surface area contributed by atoms with Gasteiger partial charge in [0.25, 0.3) is 0 Å². The Balaban J connectivity index is 1.48. The van der Waals surface area contributed by atoms with Crippen LogP contribution in [0.4, 0.5) is 16.0 Å². The predicted octanol–water partition coefficient (Wildman–Crippen LogP) is 4.99. The quantitative estimate of drug-likeness (QED) is 0.312. The molecule has 1 unspecified atom stereocenters. The van der Waals surface area contributed by atoms with Crippen molar-refractivity contribution in [2.45, 2.75) is 18.9 Å². The smallest absolute Gasteiger partial charge is 0.240 e. The summed E-state index contributed by atoms with van der Waals surface area (Å²) in [5, 5.41) is 8.73. The topological polar surface area (TPSA) is 116 Å². The first-order valence-electron chi connectivity index (χ1n) is 11.7. The molecular formula is C28H20ClFN6O2. The molecule has 0 aliphatic carbocycles. The van der Waals surface area contributed by atoms with Crippen molar-refractivity contribution in [3.63, 3.8) is 0 Å². The van der Waals surface area contributed by atoms with Gasteiger partial charge in [-0.3, -0.25) is 14.3 Å². The van der Waals surface area contributed by atoms with E-state index in [1.807, 2.05) is 0 Å². The Labute approximate surface area is 221 Å². The maximum atomic E-state index is 14.4. The summed E-state index contributed by atoms with van der Waals surface area (Å²) in [6.07, 6.45) is 0.737. The molecule has 0 saturated heterocycles. The third kappa shape index (κ3) is 3.62. The Hall–Kier alpha value is -4.63. The highest BCUT2D eigenvalue weighted by molar-refractivity contribution is 6.31. The fourth-order valence-electron chi connectivity index (χ4n) is 4.90. The SMILES string of the molecule is CC1(c2ccc(C=O)cc2)C(=O)Nc2nc(-c3nn(Cc4ccccc4F)c4cc(Cl)ccc34)nc(N)c21. The van der Waals surface area contributed by atoms with Gasteiger partial charge in [0.15, 0.2) is 5.82 Å². The minimum absolute atomic E-state index is 0.121. The summed E-state index contributed by atoms with van der Waals surface area (Å²) in [5.74, 6) is -0.0461. The van der Waals surface area contributed by atoms with Crippen molar-refractivity contribution >= 4 is 46.3 Å². The van der Waals surface area contributed by atoms with Gasteiger partial charge >= 0.3 is 0 Å². The number of benzene rings is 3. The fourth-order valence-corrected chi connectivity index (χ4v) is 5.07. The zero-order chi connectivity index (χ0) is 26.6. The average Bonchev–Trinajstić information content (AvgIpc) is 3.39. The number of nitrogens with one attached hydrogen (secondary N) is 1. The number of nitrogen functional groups attached to an aromatic ring is 1. The number of amides is 1. The Morgan fingerprint density at radius 2 is 1.87 bits per heavy atom. The van der Waals surface area contributed by atoms with Crippen LogP contribution in [0, 0.1) is 5.82 Å². The molecule has 3 N–H and O–H groups in total. The summed E-state index contributed by atoms with van der Waals surface area (Å²) in [6, 6.07) is 18.4. The van der Waals surface area contributed by atoms with Crippen molar-refractivity contribution in [1.29, 1.82) is 0 Å². The molecule has 6 rings (SSSR count). The Morgan fingerprint density at radius 1 is 1.11 bits per heavy atom. The van der Waals surface area contributed by atoms with Crippen LogP contribution in [0.1, 0.15) is 34.0 Å². The fraction of sp³-hybridized carbons (Fsp3) is 0.107. The van der Waals surface area contributed by atoms with E-state index in [1.54, 1.807) is 72.3 Å². The van der Waals surface area contributed by atoms with E-state index in [4.69, 9.17) is 22.4 Å². The number of fused-ring (bicyclic) bond motifs is 2. The predicted molar refractivity (Wildman–Crippen MR) is 143 cm³/mol. The van der Waals surface area contributed by atoms with Gasteiger partial charge < -0.3 is 11.1 Å². The summed E-state index contributed by atoms with van der Waals surface area (Å²) in [7, 11) is 0. The number of hydrogen-bond acceptors (Lipinski definition) is 6. The number of nitrogens with zero attached hydrogens (tertiary/aromatic N) is 4. The third-order valence-electron chi connectivity index (χ3n) is 6.95. The summed E-state index contributed by atoms with van der Waals surface area (Å²) in [5.41, 5.74) is 8.44. The molecule has 0 spiro atoms. The first-order chi connectivity index (χ1) is 18.3. The zero-order valence-corrected chi connectivity index (χ0v) is 20.8. The number of carbonyl (C=O) groups is 2. The summed E-state index contributed by atoms with van der Waals surface area (Å²) in [6.45, 7) is 1.90. The largest absolute Gasteiger partial charge is 0.383 e. The minimum Gasteiger partial charge on any atom is -0.383 e. The van der Waals surface area contributed by atoms with Crippen LogP contribution in [-0.4, -0.2) is 31.9 Å². The highest BCUT2D eigenvalue weighted by Gasteiger charge is 2.47. The van der Waals surface area contributed by atoms with Gasteiger partial charge in [0.2, 0.25) is 5.91 Å². The zero-order valence-electron chi connectivity index (χ0n) is 20.1. The lowest BCUT2D eigenvalue weighted by molar-refractivity contribution is -0.119. The van der Waals surface area contributed by atoms with Crippen LogP contribution >= 0.6 is 11.6 Å². The molecule has 0 radical (unpaired) electrons. The molecule has 8 nitrogen and oxygen atoms in total. The van der Waals surface area contributed by atoms with E-state index >= 15 is 0 Å². The molecule has 1 aliphatic heterocycles. The van der Waals surface area contributed by atoms with Crippen LogP contribution in [-0.2, 0) is 16.8 Å². The summed E-state index contributed by atoms with van der Waals surface area (Å²) >= 11 is 6.27. The van der Waals surface area contributed by atoms with Crippen molar-refractivity contribution in [1.82, 2.24) is 19.7 Å². The van der Waals surface area contributed by atoms with Gasteiger partial charge in [-0.25, -0.2) is 14.4 Å². The van der Waals surface area contributed by atoms with Crippen molar-refractivity contribution < 1.29 is 14.0 Å². The van der Waals surface area contributed by atoms with Crippen LogP contribution in [0.15, 0.2) is 66.7 Å². The lowest BCUT2D eigenvalue weighted by atomic mass is 9.77. The summed E-state index contributed by atoms with van der Waals surface area (Å²) in [4.78, 5) is 33.5. The molecule has 1 aliphatic rings. The molecular weight excluding hydrogens is 507 g/mol. The number of nitrogens with two attached hydrogens (primary N) is 1. The second-order valence-corrected chi connectivity index (χ2v) is 9.67. The standard InChI is InChI=1S/C28H20ClFN6O2/c1-28(17-8-6-15(14-37)7-9-17)22-24(31)32-26(33-25(22)34-27(28)38)23-19-11-10-18(29)12-21(19)36(35-23)13-16-4-2-3-5-20(16)30/h2-12,14H,13H2,1H3,(H3,31,32,33,34,38). The molecule has 188 valence electrons. The number of aldehydes is 1. The van der Waals surface area contributed by atoms with Crippen molar-refractivity contribution in [3.05, 3.63) is 99.8 Å². The molecule has 0 fully saturated rings. The van der Waals surface area contributed by atoms with Crippen LogP contribution in [0.5, 0.6) is 0 Å². The minimum atomic E-state index is -1.15. The van der Waals surface area contributed by atoms with E-state index < -0.39 is 5.41 Å². The first kappa shape index (κ1) is 23.7. The van der Waals surface area contributed by atoms with E-state index in [0.29, 0.717) is 43.9 Å². The number of aromatic nitrogens is 4. The van der Waals surface area contributed by atoms with E-state index in [9.17, 15) is 14.0 Å². The van der Waals surface area contributed by atoms with E-state index in [0.717, 1.165) is 6.29 Å². The number of anilines is 2. The van der Waals surface area contributed by atoms with Gasteiger partial charge in [0.05, 0.1) is 17.6 Å². The van der Waals surface area contributed by atoms with Crippen LogP contribution < -0.4 is 11.1 Å². The van der Waals surface area contributed by atoms with E-state index in [1.165, 1.54) is 6.07 Å². The maximum absolute atomic E-state index is 14.4. The molecule has 2 aromatic heterocycles. The molecule has 1 amide bonds. The number of carbonyl (C=O) groups excluding carboxylic acids is 2.